The highest BCUT2D eigenvalue weighted by Gasteiger charge is 2.42. The van der Waals surface area contributed by atoms with E-state index in [1.807, 2.05) is 6.92 Å². The average molecular weight is 236 g/mol. The molecular formula is C14H20O3. The Bertz CT molecular complexity index is 406. The predicted octanol–water partition coefficient (Wildman–Crippen LogP) is 2.66. The van der Waals surface area contributed by atoms with E-state index in [1.165, 1.54) is 11.6 Å². The molecule has 0 heterocycles. The summed E-state index contributed by atoms with van der Waals surface area (Å²) in [6.45, 7) is 4.12. The maximum absolute atomic E-state index is 10.8. The number of aliphatic carboxylic acids is 1. The molecule has 1 saturated carbocycles. The lowest BCUT2D eigenvalue weighted by Crippen LogP contribution is -2.40. The van der Waals surface area contributed by atoms with Crippen LogP contribution in [-0.2, 0) is 4.79 Å². The van der Waals surface area contributed by atoms with Crippen molar-refractivity contribution in [3.8, 4) is 0 Å². The van der Waals surface area contributed by atoms with Crippen LogP contribution in [0.3, 0.4) is 0 Å². The summed E-state index contributed by atoms with van der Waals surface area (Å²) in [4.78, 5) is 10.8. The zero-order valence-electron chi connectivity index (χ0n) is 10.5. The van der Waals surface area contributed by atoms with Gasteiger partial charge in [-0.15, -0.1) is 0 Å². The highest BCUT2D eigenvalue weighted by molar-refractivity contribution is 5.82. The fraction of sp³-hybridized carbons (Fsp3) is 0.643. The van der Waals surface area contributed by atoms with E-state index in [2.05, 4.69) is 6.92 Å². The lowest BCUT2D eigenvalue weighted by atomic mass is 9.61. The third-order valence-corrected chi connectivity index (χ3v) is 4.47. The van der Waals surface area contributed by atoms with Crippen molar-refractivity contribution in [2.45, 2.75) is 52.1 Å². The number of allylic oxidation sites excluding steroid dienone is 2. The first-order chi connectivity index (χ1) is 7.95. The predicted molar refractivity (Wildman–Crippen MR) is 65.6 cm³/mol. The van der Waals surface area contributed by atoms with Gasteiger partial charge in [-0.05, 0) is 50.2 Å². The normalized spacial score (nSPS) is 35.9. The van der Waals surface area contributed by atoms with Crippen LogP contribution in [0.1, 0.15) is 46.0 Å². The minimum Gasteiger partial charge on any atom is -0.478 e. The summed E-state index contributed by atoms with van der Waals surface area (Å²) in [5.41, 5.74) is 3.17. The maximum atomic E-state index is 10.8. The molecular weight excluding hydrogens is 216 g/mol. The van der Waals surface area contributed by atoms with Crippen molar-refractivity contribution in [2.24, 2.45) is 5.41 Å². The quantitative estimate of drug-likeness (QED) is 0.688. The third kappa shape index (κ3) is 2.04. The van der Waals surface area contributed by atoms with Crippen molar-refractivity contribution in [3.63, 3.8) is 0 Å². The van der Waals surface area contributed by atoms with Crippen LogP contribution >= 0.6 is 0 Å². The fourth-order valence-electron chi connectivity index (χ4n) is 3.32. The van der Waals surface area contributed by atoms with E-state index in [0.717, 1.165) is 43.3 Å². The first-order valence-electron chi connectivity index (χ1n) is 6.27. The van der Waals surface area contributed by atoms with Gasteiger partial charge in [-0.25, -0.2) is 4.79 Å². The monoisotopic (exact) mass is 236 g/mol. The molecule has 1 fully saturated rings. The molecule has 2 aliphatic rings. The fourth-order valence-corrected chi connectivity index (χ4v) is 3.32. The molecule has 2 atom stereocenters. The Morgan fingerprint density at radius 1 is 1.47 bits per heavy atom. The molecule has 0 aliphatic heterocycles. The lowest BCUT2D eigenvalue weighted by Gasteiger charge is -2.45. The number of aliphatic hydroxyl groups is 1. The summed E-state index contributed by atoms with van der Waals surface area (Å²) in [7, 11) is 0. The van der Waals surface area contributed by atoms with Gasteiger partial charge in [0.2, 0.25) is 0 Å². The molecule has 0 unspecified atom stereocenters. The first kappa shape index (κ1) is 12.4. The van der Waals surface area contributed by atoms with Crippen molar-refractivity contribution < 1.29 is 15.0 Å². The number of aliphatic hydroxyl groups excluding tert-OH is 1. The highest BCUT2D eigenvalue weighted by atomic mass is 16.4. The molecule has 0 spiro atoms. The Kier molecular flexibility index (Phi) is 3.13. The summed E-state index contributed by atoms with van der Waals surface area (Å²) >= 11 is 0. The standard InChI is InChI=1S/C14H20O3/c1-9-10(8-13(16)17)6-7-14(2)11(9)4-3-5-12(14)15/h8,12,15H,3-7H2,1-2H3,(H,16,17)/b10-8+/t12-,14-/m0/s1. The number of carboxylic acids is 1. The van der Waals surface area contributed by atoms with Crippen molar-refractivity contribution in [1.29, 1.82) is 0 Å². The molecule has 0 aromatic rings. The highest BCUT2D eigenvalue weighted by Crippen LogP contribution is 2.50. The van der Waals surface area contributed by atoms with Gasteiger partial charge in [0.05, 0.1) is 6.10 Å². The second-order valence-electron chi connectivity index (χ2n) is 5.44. The van der Waals surface area contributed by atoms with Crippen LogP contribution in [0.15, 0.2) is 22.8 Å². The Morgan fingerprint density at radius 2 is 2.18 bits per heavy atom. The smallest absolute Gasteiger partial charge is 0.328 e. The van der Waals surface area contributed by atoms with Gasteiger partial charge in [-0.2, -0.15) is 0 Å². The van der Waals surface area contributed by atoms with Crippen LogP contribution in [0.5, 0.6) is 0 Å². The Labute approximate surface area is 102 Å². The van der Waals surface area contributed by atoms with Crippen molar-refractivity contribution in [1.82, 2.24) is 0 Å². The Morgan fingerprint density at radius 3 is 2.82 bits per heavy atom. The average Bonchev–Trinajstić information content (AvgIpc) is 2.25. The number of carbonyl (C=O) groups is 1. The minimum absolute atomic E-state index is 0.127. The SMILES string of the molecule is CC1=C2CCC[C@H](O)[C@@]2(C)CC/C1=C\C(=O)O. The zero-order chi connectivity index (χ0) is 12.6. The first-order valence-corrected chi connectivity index (χ1v) is 6.27. The van der Waals surface area contributed by atoms with E-state index < -0.39 is 5.97 Å². The van der Waals surface area contributed by atoms with Crippen molar-refractivity contribution in [3.05, 3.63) is 22.8 Å². The maximum Gasteiger partial charge on any atom is 0.328 e. The second kappa shape index (κ2) is 4.30. The van der Waals surface area contributed by atoms with Crippen LogP contribution in [0.2, 0.25) is 0 Å². The summed E-state index contributed by atoms with van der Waals surface area (Å²) < 4.78 is 0. The number of rotatable bonds is 1. The number of hydrogen-bond donors (Lipinski definition) is 2. The second-order valence-corrected chi connectivity index (χ2v) is 5.44. The zero-order valence-corrected chi connectivity index (χ0v) is 10.5. The molecule has 0 bridgehead atoms. The largest absolute Gasteiger partial charge is 0.478 e. The summed E-state index contributed by atoms with van der Waals surface area (Å²) in [6, 6.07) is 0. The molecule has 0 radical (unpaired) electrons. The number of hydrogen-bond acceptors (Lipinski definition) is 2. The van der Waals surface area contributed by atoms with Gasteiger partial charge in [0.25, 0.3) is 0 Å². The van der Waals surface area contributed by atoms with Gasteiger partial charge < -0.3 is 10.2 Å². The van der Waals surface area contributed by atoms with Crippen molar-refractivity contribution in [2.75, 3.05) is 0 Å². The molecule has 17 heavy (non-hydrogen) atoms. The van der Waals surface area contributed by atoms with Gasteiger partial charge in [0.15, 0.2) is 0 Å². The molecule has 3 nitrogen and oxygen atoms in total. The van der Waals surface area contributed by atoms with E-state index in [9.17, 15) is 9.90 Å². The van der Waals surface area contributed by atoms with Crippen LogP contribution < -0.4 is 0 Å². The Balaban J connectivity index is 2.43. The molecule has 0 aromatic carbocycles. The van der Waals surface area contributed by atoms with E-state index in [1.54, 1.807) is 0 Å². The summed E-state index contributed by atoms with van der Waals surface area (Å²) in [5.74, 6) is -0.875. The van der Waals surface area contributed by atoms with Crippen LogP contribution in [0.4, 0.5) is 0 Å². The molecule has 94 valence electrons. The topological polar surface area (TPSA) is 57.5 Å². The molecule has 0 aromatic heterocycles. The van der Waals surface area contributed by atoms with Crippen LogP contribution in [0.25, 0.3) is 0 Å². The van der Waals surface area contributed by atoms with Crippen LogP contribution in [-0.4, -0.2) is 22.3 Å². The summed E-state index contributed by atoms with van der Waals surface area (Å²) in [6.07, 6.45) is 5.54. The number of fused-ring (bicyclic) bond motifs is 1. The van der Waals surface area contributed by atoms with E-state index >= 15 is 0 Å². The summed E-state index contributed by atoms with van der Waals surface area (Å²) in [5, 5.41) is 19.0. The lowest BCUT2D eigenvalue weighted by molar-refractivity contribution is -0.131. The van der Waals surface area contributed by atoms with Crippen molar-refractivity contribution >= 4 is 5.97 Å². The Hall–Kier alpha value is -1.09. The van der Waals surface area contributed by atoms with E-state index in [4.69, 9.17) is 5.11 Å². The van der Waals surface area contributed by atoms with Gasteiger partial charge in [-0.3, -0.25) is 0 Å². The van der Waals surface area contributed by atoms with Crippen LogP contribution in [0, 0.1) is 5.41 Å². The van der Waals surface area contributed by atoms with E-state index in [-0.39, 0.29) is 11.5 Å². The molecule has 2 N–H and O–H groups in total. The molecule has 2 rings (SSSR count). The van der Waals surface area contributed by atoms with Gasteiger partial charge in [0, 0.05) is 11.5 Å². The molecule has 0 amide bonds. The van der Waals surface area contributed by atoms with E-state index in [0.29, 0.717) is 0 Å². The van der Waals surface area contributed by atoms with Gasteiger partial charge >= 0.3 is 5.97 Å². The molecule has 3 heteroatoms. The van der Waals surface area contributed by atoms with Gasteiger partial charge in [-0.1, -0.05) is 12.5 Å². The van der Waals surface area contributed by atoms with Gasteiger partial charge in [0.1, 0.15) is 0 Å². The third-order valence-electron chi connectivity index (χ3n) is 4.47. The number of carboxylic acid groups (broad SMARTS) is 1. The molecule has 2 aliphatic carbocycles. The molecule has 0 saturated heterocycles. The minimum atomic E-state index is -0.875.